The summed E-state index contributed by atoms with van der Waals surface area (Å²) in [5.41, 5.74) is 7.20. The van der Waals surface area contributed by atoms with E-state index in [9.17, 15) is 0 Å². The van der Waals surface area contributed by atoms with Crippen molar-refractivity contribution in [3.05, 3.63) is 41.5 Å². The average molecular weight is 289 g/mol. The summed E-state index contributed by atoms with van der Waals surface area (Å²) in [7, 11) is 1.67. The van der Waals surface area contributed by atoms with Crippen LogP contribution in [0.25, 0.3) is 0 Å². The number of benzene rings is 1. The summed E-state index contributed by atoms with van der Waals surface area (Å²) in [5.74, 6) is 1.90. The van der Waals surface area contributed by atoms with Crippen molar-refractivity contribution < 1.29 is 14.0 Å². The topological polar surface area (TPSA) is 83.4 Å². The van der Waals surface area contributed by atoms with Crippen molar-refractivity contribution in [3.8, 4) is 5.75 Å². The van der Waals surface area contributed by atoms with E-state index in [4.69, 9.17) is 19.7 Å². The van der Waals surface area contributed by atoms with E-state index >= 15 is 0 Å². The van der Waals surface area contributed by atoms with E-state index in [1.807, 2.05) is 24.3 Å². The molecular formula is C15H19N3O3. The maximum Gasteiger partial charge on any atom is 0.243 e. The van der Waals surface area contributed by atoms with Gasteiger partial charge in [0, 0.05) is 20.1 Å². The minimum Gasteiger partial charge on any atom is -0.482 e. The highest BCUT2D eigenvalue weighted by atomic mass is 16.5. The van der Waals surface area contributed by atoms with Crippen LogP contribution < -0.4 is 10.5 Å². The first-order chi connectivity index (χ1) is 10.3. The minimum absolute atomic E-state index is 0.189. The van der Waals surface area contributed by atoms with Gasteiger partial charge >= 0.3 is 0 Å². The largest absolute Gasteiger partial charge is 0.482 e. The van der Waals surface area contributed by atoms with Crippen LogP contribution in [-0.2, 0) is 11.2 Å². The molecule has 2 heterocycles. The second-order valence-electron chi connectivity index (χ2n) is 5.15. The molecule has 2 unspecified atom stereocenters. The number of para-hydroxylation sites is 1. The van der Waals surface area contributed by atoms with Gasteiger partial charge < -0.3 is 19.7 Å². The Bertz CT molecular complexity index is 574. The molecule has 1 aliphatic heterocycles. The number of hydrogen-bond donors (Lipinski definition) is 1. The Morgan fingerprint density at radius 3 is 3.10 bits per heavy atom. The molecule has 0 saturated heterocycles. The van der Waals surface area contributed by atoms with Gasteiger partial charge in [0.25, 0.3) is 0 Å². The number of nitrogens with zero attached hydrogens (tertiary/aromatic N) is 2. The molecule has 0 fully saturated rings. The molecule has 2 N–H and O–H groups in total. The van der Waals surface area contributed by atoms with Gasteiger partial charge in [0.2, 0.25) is 11.7 Å². The lowest BCUT2D eigenvalue weighted by atomic mass is 10.1. The fourth-order valence-corrected chi connectivity index (χ4v) is 2.43. The van der Waals surface area contributed by atoms with Crippen molar-refractivity contribution in [2.24, 2.45) is 5.73 Å². The summed E-state index contributed by atoms with van der Waals surface area (Å²) in [6.07, 6.45) is 2.18. The highest BCUT2D eigenvalue weighted by molar-refractivity contribution is 5.37. The van der Waals surface area contributed by atoms with Gasteiger partial charge in [-0.1, -0.05) is 23.4 Å². The summed E-state index contributed by atoms with van der Waals surface area (Å²) in [5, 5.41) is 4.01. The smallest absolute Gasteiger partial charge is 0.243 e. The molecule has 0 aliphatic carbocycles. The van der Waals surface area contributed by atoms with E-state index in [1.54, 1.807) is 7.11 Å². The van der Waals surface area contributed by atoms with Gasteiger partial charge in [-0.15, -0.1) is 0 Å². The van der Waals surface area contributed by atoms with E-state index in [0.29, 0.717) is 18.3 Å². The molecule has 2 atom stereocenters. The predicted molar refractivity (Wildman–Crippen MR) is 75.9 cm³/mol. The fraction of sp³-hybridized carbons (Fsp3) is 0.467. The first-order valence-electron chi connectivity index (χ1n) is 7.10. The third-order valence-corrected chi connectivity index (χ3v) is 3.57. The molecule has 6 nitrogen and oxygen atoms in total. The normalized spacial score (nSPS) is 18.3. The SMILES string of the molecule is COCCCC(N)c1nc(C2Cc3ccccc3O2)no1. The van der Waals surface area contributed by atoms with Crippen LogP contribution in [0.15, 0.2) is 28.8 Å². The molecular weight excluding hydrogens is 270 g/mol. The number of fused-ring (bicyclic) bond motifs is 1. The zero-order chi connectivity index (χ0) is 14.7. The highest BCUT2D eigenvalue weighted by Gasteiger charge is 2.29. The molecule has 1 aliphatic rings. The lowest BCUT2D eigenvalue weighted by molar-refractivity contribution is 0.188. The number of rotatable bonds is 6. The van der Waals surface area contributed by atoms with E-state index in [-0.39, 0.29) is 12.1 Å². The first-order valence-corrected chi connectivity index (χ1v) is 7.10. The summed E-state index contributed by atoms with van der Waals surface area (Å²) in [6, 6.07) is 7.69. The van der Waals surface area contributed by atoms with Crippen LogP contribution in [0.4, 0.5) is 0 Å². The van der Waals surface area contributed by atoms with Gasteiger partial charge in [-0.05, 0) is 24.5 Å². The van der Waals surface area contributed by atoms with E-state index < -0.39 is 0 Å². The predicted octanol–water partition coefficient (Wildman–Crippen LogP) is 2.17. The van der Waals surface area contributed by atoms with Gasteiger partial charge in [-0.3, -0.25) is 0 Å². The molecule has 1 aromatic carbocycles. The van der Waals surface area contributed by atoms with Crippen LogP contribution in [0.5, 0.6) is 5.75 Å². The van der Waals surface area contributed by atoms with Crippen LogP contribution >= 0.6 is 0 Å². The zero-order valence-electron chi connectivity index (χ0n) is 12.0. The second-order valence-corrected chi connectivity index (χ2v) is 5.15. The quantitative estimate of drug-likeness (QED) is 0.821. The van der Waals surface area contributed by atoms with Crippen LogP contribution in [0.2, 0.25) is 0 Å². The molecule has 112 valence electrons. The van der Waals surface area contributed by atoms with Crippen LogP contribution in [0, 0.1) is 0 Å². The Morgan fingerprint density at radius 2 is 2.29 bits per heavy atom. The zero-order valence-corrected chi connectivity index (χ0v) is 12.0. The second kappa shape index (κ2) is 6.24. The molecule has 0 bridgehead atoms. The standard InChI is InChI=1S/C15H19N3O3/c1-19-8-4-6-11(16)15-17-14(18-21-15)13-9-10-5-2-3-7-12(10)20-13/h2-3,5,7,11,13H,4,6,8-9,16H2,1H3. The molecule has 2 aromatic rings. The number of aromatic nitrogens is 2. The monoisotopic (exact) mass is 289 g/mol. The van der Waals surface area contributed by atoms with Crippen LogP contribution in [0.3, 0.4) is 0 Å². The Labute approximate surface area is 123 Å². The lowest BCUT2D eigenvalue weighted by Crippen LogP contribution is -2.12. The molecule has 21 heavy (non-hydrogen) atoms. The van der Waals surface area contributed by atoms with Crippen LogP contribution in [0.1, 0.15) is 42.3 Å². The Hall–Kier alpha value is -1.92. The Kier molecular flexibility index (Phi) is 4.17. The molecule has 0 spiro atoms. The minimum atomic E-state index is -0.259. The van der Waals surface area contributed by atoms with Crippen molar-refractivity contribution >= 4 is 0 Å². The Morgan fingerprint density at radius 1 is 1.43 bits per heavy atom. The maximum absolute atomic E-state index is 6.04. The molecule has 3 rings (SSSR count). The molecule has 1 aromatic heterocycles. The Balaban J connectivity index is 1.64. The number of methoxy groups -OCH3 is 1. The van der Waals surface area contributed by atoms with Crippen molar-refractivity contribution in [1.82, 2.24) is 10.1 Å². The number of ether oxygens (including phenoxy) is 2. The summed E-state index contributed by atoms with van der Waals surface area (Å²) in [6.45, 7) is 0.676. The van der Waals surface area contributed by atoms with Crippen molar-refractivity contribution in [2.45, 2.75) is 31.4 Å². The molecule has 0 amide bonds. The highest BCUT2D eigenvalue weighted by Crippen LogP contribution is 2.35. The fourth-order valence-electron chi connectivity index (χ4n) is 2.43. The third-order valence-electron chi connectivity index (χ3n) is 3.57. The van der Waals surface area contributed by atoms with Crippen LogP contribution in [-0.4, -0.2) is 23.9 Å². The van der Waals surface area contributed by atoms with Gasteiger partial charge in [0.15, 0.2) is 6.10 Å². The van der Waals surface area contributed by atoms with Crippen molar-refractivity contribution in [2.75, 3.05) is 13.7 Å². The maximum atomic E-state index is 6.04. The van der Waals surface area contributed by atoms with E-state index in [0.717, 1.165) is 25.0 Å². The molecule has 6 heteroatoms. The van der Waals surface area contributed by atoms with Gasteiger partial charge in [0.1, 0.15) is 5.75 Å². The molecule has 0 radical (unpaired) electrons. The van der Waals surface area contributed by atoms with E-state index in [1.165, 1.54) is 5.56 Å². The first kappa shape index (κ1) is 14.0. The summed E-state index contributed by atoms with van der Waals surface area (Å²) >= 11 is 0. The third kappa shape index (κ3) is 3.06. The summed E-state index contributed by atoms with van der Waals surface area (Å²) < 4.78 is 16.1. The molecule has 0 saturated carbocycles. The number of nitrogens with two attached hydrogens (primary N) is 1. The van der Waals surface area contributed by atoms with Crippen molar-refractivity contribution in [1.29, 1.82) is 0 Å². The average Bonchev–Trinajstić information content (AvgIpc) is 3.13. The van der Waals surface area contributed by atoms with Gasteiger partial charge in [-0.2, -0.15) is 4.98 Å². The van der Waals surface area contributed by atoms with Crippen molar-refractivity contribution in [3.63, 3.8) is 0 Å². The summed E-state index contributed by atoms with van der Waals surface area (Å²) in [4.78, 5) is 4.39. The van der Waals surface area contributed by atoms with E-state index in [2.05, 4.69) is 10.1 Å². The number of hydrogen-bond acceptors (Lipinski definition) is 6. The van der Waals surface area contributed by atoms with Gasteiger partial charge in [0.05, 0.1) is 6.04 Å². The van der Waals surface area contributed by atoms with Gasteiger partial charge in [-0.25, -0.2) is 0 Å². The lowest BCUT2D eigenvalue weighted by Gasteiger charge is -2.06.